The van der Waals surface area contributed by atoms with Crippen molar-refractivity contribution in [3.63, 3.8) is 0 Å². The number of para-hydroxylation sites is 1. The lowest BCUT2D eigenvalue weighted by Crippen LogP contribution is -2.64. The summed E-state index contributed by atoms with van der Waals surface area (Å²) >= 11 is 6.09. The topological polar surface area (TPSA) is 100 Å². The smallest absolute Gasteiger partial charge is 0.338 e. The summed E-state index contributed by atoms with van der Waals surface area (Å²) in [6.07, 6.45) is 4.91. The van der Waals surface area contributed by atoms with Gasteiger partial charge in [-0.3, -0.25) is 9.88 Å². The van der Waals surface area contributed by atoms with Crippen molar-refractivity contribution in [1.82, 2.24) is 19.4 Å². The Hall–Kier alpha value is -4.06. The molecule has 3 fully saturated rings. The van der Waals surface area contributed by atoms with Crippen molar-refractivity contribution in [2.24, 2.45) is 0 Å². The molecule has 1 aliphatic carbocycles. The average molecular weight is 646 g/mol. The Bertz CT molecular complexity index is 1810. The molecule has 1 saturated carbocycles. The molecule has 5 heterocycles. The summed E-state index contributed by atoms with van der Waals surface area (Å²) in [5, 5.41) is 0.564. The molecule has 0 spiro atoms. The van der Waals surface area contributed by atoms with Crippen LogP contribution >= 0.6 is 11.6 Å². The molecule has 3 aliphatic heterocycles. The second-order valence-electron chi connectivity index (χ2n) is 12.4. The Morgan fingerprint density at radius 2 is 1.93 bits per heavy atom. The van der Waals surface area contributed by atoms with Crippen molar-refractivity contribution < 1.29 is 28.5 Å². The number of pyridine rings is 1. The van der Waals surface area contributed by atoms with Gasteiger partial charge in [-0.15, -0.1) is 0 Å². The number of methoxy groups -OCH3 is 2. The van der Waals surface area contributed by atoms with Crippen molar-refractivity contribution in [1.29, 1.82) is 0 Å². The predicted molar refractivity (Wildman–Crippen MR) is 171 cm³/mol. The van der Waals surface area contributed by atoms with E-state index >= 15 is 0 Å². The van der Waals surface area contributed by atoms with Crippen LogP contribution in [0.4, 0.5) is 5.69 Å². The van der Waals surface area contributed by atoms with E-state index in [1.165, 1.54) is 7.11 Å². The van der Waals surface area contributed by atoms with Crippen molar-refractivity contribution in [2.45, 2.75) is 63.3 Å². The molecule has 0 N–H and O–H groups in total. The van der Waals surface area contributed by atoms with E-state index in [-0.39, 0.29) is 6.10 Å². The highest BCUT2D eigenvalue weighted by Gasteiger charge is 2.47. The fourth-order valence-electron chi connectivity index (χ4n) is 7.17. The molecule has 2 aromatic heterocycles. The van der Waals surface area contributed by atoms with Gasteiger partial charge in [-0.1, -0.05) is 17.7 Å². The summed E-state index contributed by atoms with van der Waals surface area (Å²) in [4.78, 5) is 27.1. The minimum atomic E-state index is -1.04. The van der Waals surface area contributed by atoms with Crippen molar-refractivity contribution in [3.8, 4) is 17.2 Å². The van der Waals surface area contributed by atoms with E-state index in [1.54, 1.807) is 25.4 Å². The number of fused-ring (bicyclic) bond motifs is 3. The van der Waals surface area contributed by atoms with E-state index in [0.29, 0.717) is 53.0 Å². The van der Waals surface area contributed by atoms with E-state index in [2.05, 4.69) is 25.4 Å². The molecule has 0 bridgehead atoms. The summed E-state index contributed by atoms with van der Waals surface area (Å²) in [5.41, 5.74) is 3.73. The first kappa shape index (κ1) is 29.3. The van der Waals surface area contributed by atoms with Gasteiger partial charge in [0, 0.05) is 44.9 Å². The number of esters is 1. The molecule has 4 atom stereocenters. The quantitative estimate of drug-likeness (QED) is 0.239. The molecule has 2 saturated heterocycles. The monoisotopic (exact) mass is 645 g/mol. The SMILES string of the molecule is COC(=O)c1cc(OC)c2nc(CN3CCN(c4cccc5c4OC(C)(c4ccc(Cl)cn4)O5)[C@H]4CC[C@H]43)n(C[C@@H]3CCO3)c2c1. The highest BCUT2D eigenvalue weighted by Crippen LogP contribution is 2.51. The van der Waals surface area contributed by atoms with Crippen LogP contribution < -0.4 is 19.1 Å². The third-order valence-electron chi connectivity index (χ3n) is 9.82. The lowest BCUT2D eigenvalue weighted by Gasteiger charge is -2.54. The van der Waals surface area contributed by atoms with Gasteiger partial charge in [-0.05, 0) is 55.7 Å². The Labute approximate surface area is 271 Å². The van der Waals surface area contributed by atoms with Crippen LogP contribution in [0.2, 0.25) is 5.02 Å². The number of anilines is 1. The number of benzene rings is 2. The molecule has 4 aromatic rings. The predicted octanol–water partition coefficient (Wildman–Crippen LogP) is 5.17. The minimum absolute atomic E-state index is 0.119. The van der Waals surface area contributed by atoms with Gasteiger partial charge in [0.15, 0.2) is 11.5 Å². The highest BCUT2D eigenvalue weighted by atomic mass is 35.5. The third kappa shape index (κ3) is 4.83. The number of aromatic nitrogens is 3. The molecule has 46 heavy (non-hydrogen) atoms. The number of hydrogen-bond donors (Lipinski definition) is 0. The number of rotatable bonds is 8. The van der Waals surface area contributed by atoms with E-state index in [9.17, 15) is 4.79 Å². The van der Waals surface area contributed by atoms with E-state index < -0.39 is 11.8 Å². The first-order valence-corrected chi connectivity index (χ1v) is 16.1. The average Bonchev–Trinajstić information content (AvgIpc) is 3.55. The van der Waals surface area contributed by atoms with Gasteiger partial charge >= 0.3 is 5.97 Å². The lowest BCUT2D eigenvalue weighted by molar-refractivity contribution is -0.0717. The van der Waals surface area contributed by atoms with Crippen LogP contribution in [-0.2, 0) is 28.4 Å². The summed E-state index contributed by atoms with van der Waals surface area (Å²) in [7, 11) is 2.99. The third-order valence-corrected chi connectivity index (χ3v) is 10.0. The maximum atomic E-state index is 12.5. The molecule has 4 aliphatic rings. The van der Waals surface area contributed by atoms with Crippen LogP contribution in [0.5, 0.6) is 17.2 Å². The Morgan fingerprint density at radius 1 is 1.09 bits per heavy atom. The zero-order valence-corrected chi connectivity index (χ0v) is 26.8. The maximum absolute atomic E-state index is 12.5. The van der Waals surface area contributed by atoms with Crippen LogP contribution in [0.1, 0.15) is 48.1 Å². The molecule has 8 rings (SSSR count). The normalized spacial score (nSPS) is 25.1. The summed E-state index contributed by atoms with van der Waals surface area (Å²) < 4.78 is 31.6. The Balaban J connectivity index is 1.07. The summed E-state index contributed by atoms with van der Waals surface area (Å²) in [6.45, 7) is 5.69. The van der Waals surface area contributed by atoms with Gasteiger partial charge in [0.2, 0.25) is 0 Å². The van der Waals surface area contributed by atoms with Gasteiger partial charge in [-0.25, -0.2) is 9.78 Å². The second-order valence-corrected chi connectivity index (χ2v) is 12.9. The van der Waals surface area contributed by atoms with Gasteiger partial charge in [-0.2, -0.15) is 0 Å². The zero-order chi connectivity index (χ0) is 31.6. The zero-order valence-electron chi connectivity index (χ0n) is 26.1. The Morgan fingerprint density at radius 3 is 2.63 bits per heavy atom. The molecule has 240 valence electrons. The van der Waals surface area contributed by atoms with Crippen molar-refractivity contribution in [3.05, 3.63) is 70.8 Å². The number of carbonyl (C=O) groups is 1. The standard InChI is InChI=1S/C34H36ClN5O6/c1-34(29-10-7-21(35)17-36-29)45-27-6-4-5-25(32(27)46-34)39-13-12-38(23-8-9-24(23)39)19-30-37-31-26(40(30)18-22-11-14-44-22)15-20(33(41)43-3)16-28(31)42-2/h4-7,10,15-17,22-24H,8-9,11-14,18-19H2,1-3H3/t22-,23+,24-,34?/m0/s1. The first-order valence-electron chi connectivity index (χ1n) is 15.8. The van der Waals surface area contributed by atoms with Crippen LogP contribution in [0.25, 0.3) is 11.0 Å². The van der Waals surface area contributed by atoms with E-state index in [0.717, 1.165) is 67.3 Å². The van der Waals surface area contributed by atoms with Crippen LogP contribution in [0, 0.1) is 0 Å². The molecular weight excluding hydrogens is 610 g/mol. The van der Waals surface area contributed by atoms with Crippen LogP contribution in [0.3, 0.4) is 0 Å². The fourth-order valence-corrected chi connectivity index (χ4v) is 7.29. The molecule has 1 unspecified atom stereocenters. The number of carbonyl (C=O) groups excluding carboxylic acids is 1. The second kappa shape index (κ2) is 11.3. The van der Waals surface area contributed by atoms with Gasteiger partial charge in [0.05, 0.1) is 55.2 Å². The van der Waals surface area contributed by atoms with E-state index in [4.69, 9.17) is 40.3 Å². The van der Waals surface area contributed by atoms with Crippen molar-refractivity contribution >= 4 is 34.3 Å². The van der Waals surface area contributed by atoms with Crippen LogP contribution in [-0.4, -0.2) is 77.5 Å². The number of nitrogens with zero attached hydrogens (tertiary/aromatic N) is 5. The molecule has 12 heteroatoms. The van der Waals surface area contributed by atoms with Crippen LogP contribution in [0.15, 0.2) is 48.7 Å². The minimum Gasteiger partial charge on any atom is -0.494 e. The molecule has 0 amide bonds. The molecule has 2 aromatic carbocycles. The fraction of sp³-hybridized carbons (Fsp3) is 0.441. The maximum Gasteiger partial charge on any atom is 0.338 e. The van der Waals surface area contributed by atoms with Gasteiger partial charge in [0.25, 0.3) is 5.79 Å². The molecule has 0 radical (unpaired) electrons. The van der Waals surface area contributed by atoms with Crippen molar-refractivity contribution in [2.75, 3.05) is 38.8 Å². The highest BCUT2D eigenvalue weighted by molar-refractivity contribution is 6.30. The summed E-state index contributed by atoms with van der Waals surface area (Å²) in [6, 6.07) is 14.0. The number of imidazole rings is 1. The lowest BCUT2D eigenvalue weighted by atomic mass is 9.81. The van der Waals surface area contributed by atoms with Gasteiger partial charge < -0.3 is 33.2 Å². The number of piperazine rings is 1. The first-order chi connectivity index (χ1) is 22.3. The summed E-state index contributed by atoms with van der Waals surface area (Å²) in [5.74, 6) is 1.50. The number of hydrogen-bond acceptors (Lipinski definition) is 10. The molecule has 11 nitrogen and oxygen atoms in total. The van der Waals surface area contributed by atoms with E-state index in [1.807, 2.05) is 31.2 Å². The largest absolute Gasteiger partial charge is 0.494 e. The number of ether oxygens (including phenoxy) is 5. The molecular formula is C34H36ClN5O6. The Kier molecular flexibility index (Phi) is 7.23. The number of halogens is 1. The van der Waals surface area contributed by atoms with Gasteiger partial charge in [0.1, 0.15) is 22.8 Å².